The van der Waals surface area contributed by atoms with E-state index in [1.165, 1.54) is 11.8 Å². The second-order valence-electron chi connectivity index (χ2n) is 3.71. The van der Waals surface area contributed by atoms with Crippen molar-refractivity contribution in [2.75, 3.05) is 6.54 Å². The fraction of sp³-hybridized carbons (Fsp3) is 0.778. The van der Waals surface area contributed by atoms with Crippen LogP contribution >= 0.6 is 0 Å². The Morgan fingerprint density at radius 3 is 2.46 bits per heavy atom. The van der Waals surface area contributed by atoms with Gasteiger partial charge in [-0.1, -0.05) is 6.92 Å². The van der Waals surface area contributed by atoms with Crippen molar-refractivity contribution in [1.82, 2.24) is 4.90 Å². The van der Waals surface area contributed by atoms with E-state index in [2.05, 4.69) is 0 Å². The van der Waals surface area contributed by atoms with Crippen molar-refractivity contribution in [2.45, 2.75) is 32.7 Å². The molecule has 4 nitrogen and oxygen atoms in total. The summed E-state index contributed by atoms with van der Waals surface area (Å²) in [5, 5.41) is 8.85. The molecular formula is C9H15NO3. The summed E-state index contributed by atoms with van der Waals surface area (Å²) < 4.78 is 0. The monoisotopic (exact) mass is 185 g/mol. The zero-order chi connectivity index (χ0) is 10.0. The molecule has 0 aromatic heterocycles. The number of amides is 1. The van der Waals surface area contributed by atoms with E-state index in [0.29, 0.717) is 18.9 Å². The van der Waals surface area contributed by atoms with Gasteiger partial charge in [-0.3, -0.25) is 4.79 Å². The van der Waals surface area contributed by atoms with Crippen molar-refractivity contribution in [2.24, 2.45) is 5.92 Å². The summed E-state index contributed by atoms with van der Waals surface area (Å²) in [6.45, 7) is 4.04. The first-order valence-electron chi connectivity index (χ1n) is 4.52. The Kier molecular flexibility index (Phi) is 2.90. The van der Waals surface area contributed by atoms with Crippen molar-refractivity contribution >= 4 is 11.9 Å². The number of rotatable bonds is 1. The van der Waals surface area contributed by atoms with Gasteiger partial charge in [0.2, 0.25) is 5.91 Å². The van der Waals surface area contributed by atoms with Crippen molar-refractivity contribution in [3.63, 3.8) is 0 Å². The molecular weight excluding hydrogens is 170 g/mol. The van der Waals surface area contributed by atoms with E-state index in [1.807, 2.05) is 6.92 Å². The molecule has 1 fully saturated rings. The first-order chi connectivity index (χ1) is 6.02. The first kappa shape index (κ1) is 10.0. The number of aliphatic carboxylic acids is 1. The van der Waals surface area contributed by atoms with Crippen LogP contribution in [0.1, 0.15) is 26.7 Å². The largest absolute Gasteiger partial charge is 0.480 e. The average Bonchev–Trinajstić information content (AvgIpc) is 2.03. The van der Waals surface area contributed by atoms with Crippen LogP contribution in [0.2, 0.25) is 0 Å². The fourth-order valence-electron chi connectivity index (χ4n) is 1.76. The van der Waals surface area contributed by atoms with E-state index in [1.54, 1.807) is 0 Å². The average molecular weight is 185 g/mol. The van der Waals surface area contributed by atoms with E-state index in [-0.39, 0.29) is 5.91 Å². The molecule has 0 spiro atoms. The molecule has 1 rings (SSSR count). The van der Waals surface area contributed by atoms with Crippen molar-refractivity contribution in [1.29, 1.82) is 0 Å². The maximum Gasteiger partial charge on any atom is 0.326 e. The third-order valence-corrected chi connectivity index (χ3v) is 2.51. The van der Waals surface area contributed by atoms with Crippen molar-refractivity contribution < 1.29 is 14.7 Å². The van der Waals surface area contributed by atoms with E-state index in [9.17, 15) is 9.59 Å². The highest BCUT2D eigenvalue weighted by molar-refractivity contribution is 5.82. The SMILES string of the molecule is CC(=O)N1CC(C)CC[C@H]1C(=O)O. The molecule has 0 saturated carbocycles. The standard InChI is InChI=1S/C9H15NO3/c1-6-3-4-8(9(12)13)10(5-6)7(2)11/h6,8H,3-5H2,1-2H3,(H,12,13)/t6?,8-/m0/s1. The highest BCUT2D eigenvalue weighted by atomic mass is 16.4. The normalized spacial score (nSPS) is 28.6. The van der Waals surface area contributed by atoms with E-state index in [0.717, 1.165) is 6.42 Å². The second kappa shape index (κ2) is 3.77. The van der Waals surface area contributed by atoms with Crippen LogP contribution in [0.25, 0.3) is 0 Å². The van der Waals surface area contributed by atoms with Gasteiger partial charge in [0.05, 0.1) is 0 Å². The summed E-state index contributed by atoms with van der Waals surface area (Å²) in [5.41, 5.74) is 0. The fourth-order valence-corrected chi connectivity index (χ4v) is 1.76. The van der Waals surface area contributed by atoms with E-state index < -0.39 is 12.0 Å². The predicted molar refractivity (Wildman–Crippen MR) is 47.2 cm³/mol. The number of carbonyl (C=O) groups excluding carboxylic acids is 1. The summed E-state index contributed by atoms with van der Waals surface area (Å²) >= 11 is 0. The van der Waals surface area contributed by atoms with Crippen molar-refractivity contribution in [3.8, 4) is 0 Å². The summed E-state index contributed by atoms with van der Waals surface area (Å²) in [7, 11) is 0. The molecule has 1 unspecified atom stereocenters. The molecule has 1 saturated heterocycles. The first-order valence-corrected chi connectivity index (χ1v) is 4.52. The van der Waals surface area contributed by atoms with Crippen LogP contribution < -0.4 is 0 Å². The van der Waals surface area contributed by atoms with Crippen LogP contribution in [0.5, 0.6) is 0 Å². The summed E-state index contributed by atoms with van der Waals surface area (Å²) in [6.07, 6.45) is 1.47. The molecule has 4 heteroatoms. The molecule has 13 heavy (non-hydrogen) atoms. The van der Waals surface area contributed by atoms with Gasteiger partial charge in [0, 0.05) is 13.5 Å². The van der Waals surface area contributed by atoms with Crippen LogP contribution in [0, 0.1) is 5.92 Å². The molecule has 0 aromatic carbocycles. The zero-order valence-corrected chi connectivity index (χ0v) is 7.99. The van der Waals surface area contributed by atoms with Crippen LogP contribution in [0.15, 0.2) is 0 Å². The molecule has 2 atom stereocenters. The van der Waals surface area contributed by atoms with Gasteiger partial charge in [0.15, 0.2) is 0 Å². The molecule has 1 aliphatic heterocycles. The molecule has 1 N–H and O–H groups in total. The van der Waals surface area contributed by atoms with Crippen molar-refractivity contribution in [3.05, 3.63) is 0 Å². The summed E-state index contributed by atoms with van der Waals surface area (Å²) in [4.78, 5) is 23.4. The number of likely N-dealkylation sites (tertiary alicyclic amines) is 1. The molecule has 0 bridgehead atoms. The summed E-state index contributed by atoms with van der Waals surface area (Å²) in [5.74, 6) is -0.611. The van der Waals surface area contributed by atoms with Crippen LogP contribution in [0.3, 0.4) is 0 Å². The van der Waals surface area contributed by atoms with Gasteiger partial charge in [-0.15, -0.1) is 0 Å². The minimum atomic E-state index is -0.887. The van der Waals surface area contributed by atoms with Gasteiger partial charge < -0.3 is 10.0 Å². The lowest BCUT2D eigenvalue weighted by molar-refractivity contribution is -0.152. The highest BCUT2D eigenvalue weighted by Crippen LogP contribution is 2.21. The minimum Gasteiger partial charge on any atom is -0.480 e. The van der Waals surface area contributed by atoms with Gasteiger partial charge in [0.25, 0.3) is 0 Å². The van der Waals surface area contributed by atoms with Gasteiger partial charge in [-0.2, -0.15) is 0 Å². The number of carbonyl (C=O) groups is 2. The molecule has 1 heterocycles. The van der Waals surface area contributed by atoms with Gasteiger partial charge >= 0.3 is 5.97 Å². The Hall–Kier alpha value is -1.06. The molecule has 1 aliphatic rings. The molecule has 0 radical (unpaired) electrons. The number of piperidine rings is 1. The van der Waals surface area contributed by atoms with E-state index >= 15 is 0 Å². The van der Waals surface area contributed by atoms with Crippen LogP contribution in [-0.4, -0.2) is 34.5 Å². The Labute approximate surface area is 77.5 Å². The Bertz CT molecular complexity index is 227. The quantitative estimate of drug-likeness (QED) is 0.654. The molecule has 74 valence electrons. The Morgan fingerprint density at radius 2 is 2.00 bits per heavy atom. The van der Waals surface area contributed by atoms with Gasteiger partial charge in [-0.05, 0) is 18.8 Å². The van der Waals surface area contributed by atoms with Crippen LogP contribution in [-0.2, 0) is 9.59 Å². The molecule has 0 aromatic rings. The van der Waals surface area contributed by atoms with Gasteiger partial charge in [-0.25, -0.2) is 4.79 Å². The smallest absolute Gasteiger partial charge is 0.326 e. The zero-order valence-electron chi connectivity index (χ0n) is 7.99. The topological polar surface area (TPSA) is 57.6 Å². The minimum absolute atomic E-state index is 0.140. The van der Waals surface area contributed by atoms with Gasteiger partial charge in [0.1, 0.15) is 6.04 Å². The molecule has 0 aliphatic carbocycles. The number of hydrogen-bond acceptors (Lipinski definition) is 2. The predicted octanol–water partition coefficient (Wildman–Crippen LogP) is 0.718. The van der Waals surface area contributed by atoms with E-state index in [4.69, 9.17) is 5.11 Å². The highest BCUT2D eigenvalue weighted by Gasteiger charge is 2.32. The maximum absolute atomic E-state index is 11.1. The second-order valence-corrected chi connectivity index (χ2v) is 3.71. The Balaban J connectivity index is 2.72. The third-order valence-electron chi connectivity index (χ3n) is 2.51. The number of carboxylic acid groups (broad SMARTS) is 1. The lowest BCUT2D eigenvalue weighted by Gasteiger charge is -2.35. The lowest BCUT2D eigenvalue weighted by atomic mass is 9.94. The number of carboxylic acids is 1. The summed E-state index contributed by atoms with van der Waals surface area (Å²) in [6, 6.07) is -0.603. The Morgan fingerprint density at radius 1 is 1.38 bits per heavy atom. The number of hydrogen-bond donors (Lipinski definition) is 1. The third kappa shape index (κ3) is 2.20. The molecule has 1 amide bonds. The van der Waals surface area contributed by atoms with Crippen LogP contribution in [0.4, 0.5) is 0 Å². The lowest BCUT2D eigenvalue weighted by Crippen LogP contribution is -2.49. The maximum atomic E-state index is 11.1. The number of nitrogens with zero attached hydrogens (tertiary/aromatic N) is 1.